The topological polar surface area (TPSA) is 71.0 Å². The van der Waals surface area contributed by atoms with Gasteiger partial charge in [0.2, 0.25) is 0 Å². The van der Waals surface area contributed by atoms with Crippen molar-refractivity contribution in [3.05, 3.63) is 70.6 Å². The Morgan fingerprint density at radius 3 is 2.62 bits per heavy atom. The van der Waals surface area contributed by atoms with Crippen molar-refractivity contribution < 1.29 is 18.0 Å². The van der Waals surface area contributed by atoms with Gasteiger partial charge in [0.15, 0.2) is 5.82 Å². The van der Waals surface area contributed by atoms with E-state index in [-0.39, 0.29) is 34.9 Å². The van der Waals surface area contributed by atoms with E-state index in [1.807, 2.05) is 24.0 Å². The lowest BCUT2D eigenvalue weighted by molar-refractivity contribution is -0.137. The second-order valence-corrected chi connectivity index (χ2v) is 9.03. The predicted molar refractivity (Wildman–Crippen MR) is 121 cm³/mol. The van der Waals surface area contributed by atoms with Crippen molar-refractivity contribution in [3.63, 3.8) is 0 Å². The summed E-state index contributed by atoms with van der Waals surface area (Å²) in [6, 6.07) is 7.88. The fourth-order valence-corrected chi connectivity index (χ4v) is 5.27. The van der Waals surface area contributed by atoms with Crippen LogP contribution < -0.4 is 5.32 Å². The summed E-state index contributed by atoms with van der Waals surface area (Å²) in [5.74, 6) is 0.578. The number of aryl methyl sites for hydroxylation is 1. The first-order valence-corrected chi connectivity index (χ1v) is 11.3. The molecule has 3 atom stereocenters. The Bertz CT molecular complexity index is 1240. The van der Waals surface area contributed by atoms with Crippen LogP contribution >= 0.6 is 11.6 Å². The molecule has 1 amide bonds. The molecule has 0 unspecified atom stereocenters. The van der Waals surface area contributed by atoms with Crippen LogP contribution in [0, 0.1) is 6.92 Å². The molecule has 2 bridgehead atoms. The molecule has 4 heterocycles. The minimum atomic E-state index is -4.52. The van der Waals surface area contributed by atoms with Crippen LogP contribution in [-0.4, -0.2) is 43.9 Å². The van der Waals surface area contributed by atoms with Crippen LogP contribution in [0.4, 0.5) is 19.0 Å². The monoisotopic (exact) mass is 487 g/mol. The normalized spacial score (nSPS) is 21.7. The number of fused-ring (bicyclic) bond motifs is 2. The van der Waals surface area contributed by atoms with Gasteiger partial charge in [-0.15, -0.1) is 0 Å². The number of pyridine rings is 1. The molecule has 0 radical (unpaired) electrons. The minimum Gasteiger partial charge on any atom is -0.364 e. The van der Waals surface area contributed by atoms with E-state index in [2.05, 4.69) is 20.3 Å². The number of nitrogens with zero attached hydrogens (tertiary/aromatic N) is 4. The quantitative estimate of drug-likeness (QED) is 0.535. The summed E-state index contributed by atoms with van der Waals surface area (Å²) >= 11 is 6.10. The average molecular weight is 488 g/mol. The molecule has 2 aromatic heterocycles. The van der Waals surface area contributed by atoms with E-state index in [0.717, 1.165) is 30.7 Å². The number of rotatable bonds is 4. The van der Waals surface area contributed by atoms with Gasteiger partial charge < -0.3 is 10.2 Å². The number of aromatic nitrogens is 3. The Balaban J connectivity index is 1.41. The molecule has 5 rings (SSSR count). The molecule has 1 N–H and O–H groups in total. The molecule has 0 spiro atoms. The second kappa shape index (κ2) is 8.54. The van der Waals surface area contributed by atoms with E-state index >= 15 is 0 Å². The van der Waals surface area contributed by atoms with Gasteiger partial charge in [-0.1, -0.05) is 23.7 Å². The maximum absolute atomic E-state index is 13.8. The highest BCUT2D eigenvalue weighted by Crippen LogP contribution is 2.42. The van der Waals surface area contributed by atoms with Crippen LogP contribution in [0.5, 0.6) is 0 Å². The molecule has 2 fully saturated rings. The lowest BCUT2D eigenvalue weighted by atomic mass is 9.95. The maximum Gasteiger partial charge on any atom is 0.417 e. The number of hydrogen-bond acceptors (Lipinski definition) is 5. The van der Waals surface area contributed by atoms with Gasteiger partial charge in [0.1, 0.15) is 5.82 Å². The van der Waals surface area contributed by atoms with E-state index in [0.29, 0.717) is 23.4 Å². The van der Waals surface area contributed by atoms with Crippen LogP contribution in [0.1, 0.15) is 40.7 Å². The van der Waals surface area contributed by atoms with Gasteiger partial charge in [0.05, 0.1) is 22.2 Å². The molecule has 2 aliphatic heterocycles. The van der Waals surface area contributed by atoms with Gasteiger partial charge in [-0.2, -0.15) is 13.2 Å². The van der Waals surface area contributed by atoms with E-state index in [4.69, 9.17) is 11.6 Å². The molecular formula is C24H21ClF3N5O. The third kappa shape index (κ3) is 3.98. The number of nitrogens with one attached hydrogen (secondary N) is 1. The largest absolute Gasteiger partial charge is 0.417 e. The number of benzene rings is 1. The van der Waals surface area contributed by atoms with Gasteiger partial charge in [0, 0.05) is 36.2 Å². The Hall–Kier alpha value is -3.20. The van der Waals surface area contributed by atoms with Crippen molar-refractivity contribution in [3.8, 4) is 11.4 Å². The Kier molecular flexibility index (Phi) is 5.67. The second-order valence-electron chi connectivity index (χ2n) is 8.62. The number of carbonyl (C=O) groups excluding carboxylic acids is 1. The number of alkyl halides is 3. The van der Waals surface area contributed by atoms with Crippen LogP contribution in [0.15, 0.2) is 48.9 Å². The third-order valence-corrected chi connectivity index (χ3v) is 6.84. The summed E-state index contributed by atoms with van der Waals surface area (Å²) in [5.41, 5.74) is 1.24. The summed E-state index contributed by atoms with van der Waals surface area (Å²) < 4.78 is 38.8. The molecule has 2 aliphatic rings. The molecule has 3 aromatic rings. The first-order valence-electron chi connectivity index (χ1n) is 10.9. The summed E-state index contributed by atoms with van der Waals surface area (Å²) in [7, 11) is 0. The average Bonchev–Trinajstić information content (AvgIpc) is 3.37. The van der Waals surface area contributed by atoms with E-state index in [1.165, 1.54) is 0 Å². The van der Waals surface area contributed by atoms with Crippen LogP contribution in [0.3, 0.4) is 0 Å². The van der Waals surface area contributed by atoms with Crippen LogP contribution in [0.2, 0.25) is 5.02 Å². The Morgan fingerprint density at radius 2 is 1.91 bits per heavy atom. The zero-order chi connectivity index (χ0) is 24.0. The Morgan fingerprint density at radius 1 is 1.15 bits per heavy atom. The van der Waals surface area contributed by atoms with Gasteiger partial charge in [-0.05, 0) is 49.9 Å². The standard InChI is InChI=1S/C24H21ClF3N5O/c1-13-4-2-5-16(20(13)22-29-8-3-9-30-22)23(34)33-15-6-7-19(33)18(11-15)32-21-17(25)10-14(12-31-21)24(26,27)28/h2-5,8-10,12,15,18-19H,6-7,11H2,1H3,(H,31,32)/t15-,18-,19+/m1/s1. The molecule has 176 valence electrons. The highest BCUT2D eigenvalue weighted by molar-refractivity contribution is 6.33. The molecule has 1 aromatic carbocycles. The summed E-state index contributed by atoms with van der Waals surface area (Å²) in [5, 5.41) is 3.08. The third-order valence-electron chi connectivity index (χ3n) is 6.55. The smallest absolute Gasteiger partial charge is 0.364 e. The fourth-order valence-electron chi connectivity index (χ4n) is 5.05. The minimum absolute atomic E-state index is 0.0216. The van der Waals surface area contributed by atoms with E-state index in [9.17, 15) is 18.0 Å². The number of amides is 1. The van der Waals surface area contributed by atoms with Crippen molar-refractivity contribution in [2.75, 3.05) is 5.32 Å². The number of anilines is 1. The van der Waals surface area contributed by atoms with E-state index < -0.39 is 11.7 Å². The summed E-state index contributed by atoms with van der Waals surface area (Å²) in [6.45, 7) is 1.92. The van der Waals surface area contributed by atoms with Crippen LogP contribution in [0.25, 0.3) is 11.4 Å². The van der Waals surface area contributed by atoms with E-state index in [1.54, 1.807) is 24.5 Å². The highest BCUT2D eigenvalue weighted by atomic mass is 35.5. The molecule has 0 saturated carbocycles. The summed E-state index contributed by atoms with van der Waals surface area (Å²) in [4.78, 5) is 28.2. The first-order chi connectivity index (χ1) is 16.2. The SMILES string of the molecule is Cc1cccc(C(=O)N2[C@@H]3CC[C@H]2[C@H](Nc2ncc(C(F)(F)F)cc2Cl)C3)c1-c1ncccn1. The van der Waals surface area contributed by atoms with Crippen molar-refractivity contribution in [1.29, 1.82) is 0 Å². The maximum atomic E-state index is 13.8. The highest BCUT2D eigenvalue weighted by Gasteiger charge is 2.49. The fraction of sp³-hybridized carbons (Fsp3) is 0.333. The Labute approximate surface area is 199 Å². The van der Waals surface area contributed by atoms with Gasteiger partial charge in [-0.3, -0.25) is 4.79 Å². The van der Waals surface area contributed by atoms with Crippen molar-refractivity contribution in [1.82, 2.24) is 19.9 Å². The molecule has 0 aliphatic carbocycles. The zero-order valence-electron chi connectivity index (χ0n) is 18.2. The number of hydrogen-bond donors (Lipinski definition) is 1. The molecular weight excluding hydrogens is 467 g/mol. The van der Waals surface area contributed by atoms with Crippen molar-refractivity contribution in [2.45, 2.75) is 50.5 Å². The zero-order valence-corrected chi connectivity index (χ0v) is 18.9. The molecule has 6 nitrogen and oxygen atoms in total. The lowest BCUT2D eigenvalue weighted by Crippen LogP contribution is -2.40. The molecule has 2 saturated heterocycles. The first kappa shape index (κ1) is 22.6. The van der Waals surface area contributed by atoms with Crippen LogP contribution in [-0.2, 0) is 6.18 Å². The van der Waals surface area contributed by atoms with Gasteiger partial charge in [-0.25, -0.2) is 15.0 Å². The number of halogens is 4. The van der Waals surface area contributed by atoms with Crippen molar-refractivity contribution in [2.24, 2.45) is 0 Å². The van der Waals surface area contributed by atoms with Crippen molar-refractivity contribution >= 4 is 23.3 Å². The number of carbonyl (C=O) groups is 1. The predicted octanol–water partition coefficient (Wildman–Crippen LogP) is 5.38. The van der Waals surface area contributed by atoms with Gasteiger partial charge >= 0.3 is 6.18 Å². The van der Waals surface area contributed by atoms with Gasteiger partial charge in [0.25, 0.3) is 5.91 Å². The molecule has 34 heavy (non-hydrogen) atoms. The lowest BCUT2D eigenvalue weighted by Gasteiger charge is -2.26. The molecule has 10 heteroatoms. The summed E-state index contributed by atoms with van der Waals surface area (Å²) in [6.07, 6.45) is 1.86.